The predicted octanol–water partition coefficient (Wildman–Crippen LogP) is 4.27. The van der Waals surface area contributed by atoms with E-state index in [4.69, 9.17) is 21.9 Å². The van der Waals surface area contributed by atoms with Crippen LogP contribution < -0.4 is 10.2 Å². The quantitative estimate of drug-likeness (QED) is 0.383. The molecule has 2 amide bonds. The van der Waals surface area contributed by atoms with Crippen molar-refractivity contribution >= 4 is 40.9 Å². The molecule has 3 aromatic rings. The fourth-order valence-electron chi connectivity index (χ4n) is 3.27. The number of furan rings is 1. The molecule has 2 aromatic carbocycles. The van der Waals surface area contributed by atoms with Crippen LogP contribution in [0.5, 0.6) is 0 Å². The lowest BCUT2D eigenvalue weighted by molar-refractivity contribution is -0.122. The molecule has 0 aliphatic carbocycles. The van der Waals surface area contributed by atoms with E-state index in [1.54, 1.807) is 36.4 Å². The molecule has 0 radical (unpaired) electrons. The van der Waals surface area contributed by atoms with Crippen molar-refractivity contribution in [2.45, 2.75) is 13.8 Å². The molecule has 2 heterocycles. The molecule has 0 spiro atoms. The van der Waals surface area contributed by atoms with Crippen molar-refractivity contribution in [3.63, 3.8) is 0 Å². The third-order valence-electron chi connectivity index (χ3n) is 4.92. The van der Waals surface area contributed by atoms with E-state index >= 15 is 0 Å². The van der Waals surface area contributed by atoms with Gasteiger partial charge in [-0.1, -0.05) is 12.1 Å². The van der Waals surface area contributed by atoms with Crippen LogP contribution in [-0.4, -0.2) is 16.9 Å². The Bertz CT molecular complexity index is 1300. The summed E-state index contributed by atoms with van der Waals surface area (Å²) in [6.45, 7) is 3.80. The van der Waals surface area contributed by atoms with Crippen LogP contribution in [0.3, 0.4) is 0 Å². The Balaban J connectivity index is 1.68. The fraction of sp³-hybridized carbons (Fsp3) is 0.0833. The van der Waals surface area contributed by atoms with Crippen LogP contribution in [-0.2, 0) is 9.59 Å². The van der Waals surface area contributed by atoms with Gasteiger partial charge < -0.3 is 4.42 Å². The van der Waals surface area contributed by atoms with Crippen LogP contribution >= 0.6 is 12.2 Å². The second-order valence-electron chi connectivity index (χ2n) is 7.14. The first-order chi connectivity index (χ1) is 14.9. The van der Waals surface area contributed by atoms with Gasteiger partial charge in [0.2, 0.25) is 0 Å². The van der Waals surface area contributed by atoms with Crippen molar-refractivity contribution in [2.75, 3.05) is 4.90 Å². The van der Waals surface area contributed by atoms with Gasteiger partial charge in [-0.25, -0.2) is 0 Å². The molecule has 1 saturated heterocycles. The van der Waals surface area contributed by atoms with Crippen LogP contribution in [0.1, 0.15) is 22.5 Å². The highest BCUT2D eigenvalue weighted by Gasteiger charge is 2.35. The first-order valence-corrected chi connectivity index (χ1v) is 9.87. The maximum absolute atomic E-state index is 13.2. The third kappa shape index (κ3) is 3.89. The molecule has 0 unspecified atom stereocenters. The Morgan fingerprint density at radius 2 is 1.81 bits per heavy atom. The Labute approximate surface area is 184 Å². The summed E-state index contributed by atoms with van der Waals surface area (Å²) in [5.41, 5.74) is 3.70. The SMILES string of the molecule is Cc1ccc(C)c(N2C(=O)/C(=C/c3ccc(-c4ccc(C#N)cc4)o3)C(=O)NC2=S)c1. The van der Waals surface area contributed by atoms with Crippen molar-refractivity contribution in [3.8, 4) is 17.4 Å². The molecule has 1 aliphatic rings. The van der Waals surface area contributed by atoms with E-state index in [2.05, 4.69) is 11.4 Å². The molecule has 7 heteroatoms. The van der Waals surface area contributed by atoms with Gasteiger partial charge in [-0.3, -0.25) is 19.8 Å². The van der Waals surface area contributed by atoms with Gasteiger partial charge in [-0.2, -0.15) is 5.26 Å². The summed E-state index contributed by atoms with van der Waals surface area (Å²) in [4.78, 5) is 27.0. The van der Waals surface area contributed by atoms with E-state index < -0.39 is 11.8 Å². The fourth-order valence-corrected chi connectivity index (χ4v) is 3.55. The van der Waals surface area contributed by atoms with E-state index in [1.807, 2.05) is 32.0 Å². The second-order valence-corrected chi connectivity index (χ2v) is 7.53. The van der Waals surface area contributed by atoms with Gasteiger partial charge >= 0.3 is 0 Å². The topological polar surface area (TPSA) is 86.3 Å². The molecule has 6 nitrogen and oxygen atoms in total. The van der Waals surface area contributed by atoms with Crippen molar-refractivity contribution in [1.82, 2.24) is 5.32 Å². The number of aryl methyl sites for hydroxylation is 2. The summed E-state index contributed by atoms with van der Waals surface area (Å²) in [6.07, 6.45) is 1.41. The second kappa shape index (κ2) is 8.01. The Hall–Kier alpha value is -4.02. The van der Waals surface area contributed by atoms with E-state index in [1.165, 1.54) is 11.0 Å². The van der Waals surface area contributed by atoms with Crippen molar-refractivity contribution < 1.29 is 14.0 Å². The summed E-state index contributed by atoms with van der Waals surface area (Å²) in [5, 5.41) is 11.5. The molecular weight excluding hydrogens is 410 g/mol. The summed E-state index contributed by atoms with van der Waals surface area (Å²) in [6, 6.07) is 18.1. The zero-order valence-corrected chi connectivity index (χ0v) is 17.6. The number of thiocarbonyl (C=S) groups is 1. The molecular formula is C24H17N3O3S. The molecule has 0 saturated carbocycles. The minimum atomic E-state index is -0.576. The van der Waals surface area contributed by atoms with Gasteiger partial charge in [-0.05, 0) is 85.7 Å². The Kier molecular flexibility index (Phi) is 5.24. The number of carbonyl (C=O) groups excluding carboxylic acids is 2. The molecule has 0 bridgehead atoms. The summed E-state index contributed by atoms with van der Waals surface area (Å²) in [7, 11) is 0. The van der Waals surface area contributed by atoms with Gasteiger partial charge in [0.15, 0.2) is 5.11 Å². The van der Waals surface area contributed by atoms with Crippen LogP contribution in [0.15, 0.2) is 64.6 Å². The maximum Gasteiger partial charge on any atom is 0.270 e. The standard InChI is InChI=1S/C24H17N3O3S/c1-14-3-4-15(2)20(11-14)27-23(29)19(22(28)26-24(27)31)12-18-9-10-21(30-18)17-7-5-16(13-25)6-8-17/h3-12H,1-2H3,(H,26,28,31)/b19-12+. The molecule has 31 heavy (non-hydrogen) atoms. The van der Waals surface area contributed by atoms with Crippen molar-refractivity contribution in [3.05, 3.63) is 82.6 Å². The smallest absolute Gasteiger partial charge is 0.270 e. The Morgan fingerprint density at radius 3 is 2.52 bits per heavy atom. The predicted molar refractivity (Wildman–Crippen MR) is 121 cm³/mol. The zero-order chi connectivity index (χ0) is 22.1. The summed E-state index contributed by atoms with van der Waals surface area (Å²) < 4.78 is 5.81. The number of nitrogens with zero attached hydrogens (tertiary/aromatic N) is 2. The van der Waals surface area contributed by atoms with E-state index in [-0.39, 0.29) is 10.7 Å². The lowest BCUT2D eigenvalue weighted by atomic mass is 10.1. The van der Waals surface area contributed by atoms with Crippen LogP contribution in [0.4, 0.5) is 5.69 Å². The van der Waals surface area contributed by atoms with E-state index in [0.29, 0.717) is 22.8 Å². The molecule has 1 N–H and O–H groups in total. The first kappa shape index (κ1) is 20.3. The van der Waals surface area contributed by atoms with Gasteiger partial charge in [0, 0.05) is 5.56 Å². The monoisotopic (exact) mass is 427 g/mol. The molecule has 152 valence electrons. The number of hydrogen-bond acceptors (Lipinski definition) is 5. The minimum Gasteiger partial charge on any atom is -0.457 e. The Morgan fingerprint density at radius 1 is 1.06 bits per heavy atom. The first-order valence-electron chi connectivity index (χ1n) is 9.46. The largest absolute Gasteiger partial charge is 0.457 e. The molecule has 1 aliphatic heterocycles. The number of nitrogens with one attached hydrogen (secondary N) is 1. The minimum absolute atomic E-state index is 0.0403. The number of anilines is 1. The number of carbonyl (C=O) groups is 2. The van der Waals surface area contributed by atoms with Crippen LogP contribution in [0.25, 0.3) is 17.4 Å². The molecule has 0 atom stereocenters. The number of benzene rings is 2. The highest BCUT2D eigenvalue weighted by molar-refractivity contribution is 7.80. The molecule has 1 fully saturated rings. The molecule has 1 aromatic heterocycles. The van der Waals surface area contributed by atoms with Crippen LogP contribution in [0.2, 0.25) is 0 Å². The lowest BCUT2D eigenvalue weighted by Gasteiger charge is -2.30. The summed E-state index contributed by atoms with van der Waals surface area (Å²) >= 11 is 5.27. The molecule has 4 rings (SSSR count). The maximum atomic E-state index is 13.2. The van der Waals surface area contributed by atoms with Gasteiger partial charge in [0.1, 0.15) is 17.1 Å². The lowest BCUT2D eigenvalue weighted by Crippen LogP contribution is -2.54. The van der Waals surface area contributed by atoms with E-state index in [0.717, 1.165) is 16.7 Å². The van der Waals surface area contributed by atoms with E-state index in [9.17, 15) is 9.59 Å². The van der Waals surface area contributed by atoms with Crippen molar-refractivity contribution in [2.24, 2.45) is 0 Å². The van der Waals surface area contributed by atoms with Crippen molar-refractivity contribution in [1.29, 1.82) is 5.26 Å². The summed E-state index contributed by atoms with van der Waals surface area (Å²) in [5.74, 6) is -0.180. The van der Waals surface area contributed by atoms with Crippen LogP contribution in [0, 0.1) is 25.2 Å². The average Bonchev–Trinajstić information content (AvgIpc) is 3.22. The number of rotatable bonds is 3. The zero-order valence-electron chi connectivity index (χ0n) is 16.8. The normalized spacial score (nSPS) is 15.2. The third-order valence-corrected chi connectivity index (χ3v) is 5.20. The number of amides is 2. The van der Waals surface area contributed by atoms with Gasteiger partial charge in [0.25, 0.3) is 11.8 Å². The highest BCUT2D eigenvalue weighted by Crippen LogP contribution is 2.28. The number of hydrogen-bond donors (Lipinski definition) is 1. The highest BCUT2D eigenvalue weighted by atomic mass is 32.1. The van der Waals surface area contributed by atoms with Gasteiger partial charge in [-0.15, -0.1) is 0 Å². The van der Waals surface area contributed by atoms with Gasteiger partial charge in [0.05, 0.1) is 17.3 Å². The number of nitriles is 1. The average molecular weight is 427 g/mol.